The number of aromatic nitrogens is 3. The average molecular weight is 415 g/mol. The van der Waals surface area contributed by atoms with Crippen molar-refractivity contribution >= 4 is 33.4 Å². The van der Waals surface area contributed by atoms with Crippen LogP contribution in [0.15, 0.2) is 69.6 Å². The molecule has 0 spiro atoms. The van der Waals surface area contributed by atoms with Crippen molar-refractivity contribution in [1.82, 2.24) is 14.9 Å². The third kappa shape index (κ3) is 3.49. The van der Waals surface area contributed by atoms with Crippen LogP contribution in [-0.4, -0.2) is 14.9 Å². The number of hydrogen-bond acceptors (Lipinski definition) is 4. The molecule has 7 heteroatoms. The van der Waals surface area contributed by atoms with E-state index in [0.717, 1.165) is 33.1 Å². The van der Waals surface area contributed by atoms with Crippen molar-refractivity contribution in [2.75, 3.05) is 5.43 Å². The summed E-state index contributed by atoms with van der Waals surface area (Å²) in [6, 6.07) is 18.6. The number of fused-ring (bicyclic) bond motifs is 1. The summed E-state index contributed by atoms with van der Waals surface area (Å²) in [6.07, 6.45) is 0.822. The van der Waals surface area contributed by atoms with Gasteiger partial charge in [-0.15, -0.1) is 10.2 Å². The Morgan fingerprint density at radius 2 is 1.84 bits per heavy atom. The summed E-state index contributed by atoms with van der Waals surface area (Å²) in [7, 11) is 0. The van der Waals surface area contributed by atoms with Crippen LogP contribution in [0.5, 0.6) is 0 Å². The minimum Gasteiger partial charge on any atom is -0.348 e. The molecule has 0 fully saturated rings. The molecule has 1 aliphatic rings. The third-order valence-electron chi connectivity index (χ3n) is 4.02. The first kappa shape index (κ1) is 16.4. The first-order valence-corrected chi connectivity index (χ1v) is 9.60. The molecule has 0 amide bonds. The van der Waals surface area contributed by atoms with Gasteiger partial charge in [-0.25, -0.2) is 4.68 Å². The van der Waals surface area contributed by atoms with E-state index in [2.05, 4.69) is 67.0 Å². The summed E-state index contributed by atoms with van der Waals surface area (Å²) < 4.78 is 3.01. The maximum absolute atomic E-state index is 4.36. The quantitative estimate of drug-likeness (QED) is 0.687. The molecule has 1 atom stereocenters. The van der Waals surface area contributed by atoms with E-state index < -0.39 is 0 Å². The average Bonchev–Trinajstić information content (AvgIpc) is 3.06. The molecule has 126 valence electrons. The Kier molecular flexibility index (Phi) is 4.61. The number of halogens is 1. The highest BCUT2D eigenvalue weighted by Gasteiger charge is 2.24. The van der Waals surface area contributed by atoms with Crippen molar-refractivity contribution < 1.29 is 5.73 Å². The van der Waals surface area contributed by atoms with Gasteiger partial charge in [0.2, 0.25) is 11.0 Å². The Morgan fingerprint density at radius 1 is 1.08 bits per heavy atom. The van der Waals surface area contributed by atoms with Crippen LogP contribution in [0.2, 0.25) is 0 Å². The molecule has 5 nitrogen and oxygen atoms in total. The zero-order valence-electron chi connectivity index (χ0n) is 13.4. The maximum Gasteiger partial charge on any atom is 0.214 e. The molecular weight excluding hydrogens is 398 g/mol. The molecule has 4 N–H and O–H groups in total. The van der Waals surface area contributed by atoms with Crippen LogP contribution in [0.3, 0.4) is 0 Å². The molecule has 0 unspecified atom stereocenters. The van der Waals surface area contributed by atoms with Crippen LogP contribution in [-0.2, 0) is 6.42 Å². The molecule has 1 aliphatic heterocycles. The van der Waals surface area contributed by atoms with Gasteiger partial charge in [-0.2, -0.15) is 0 Å². The largest absolute Gasteiger partial charge is 0.348 e. The van der Waals surface area contributed by atoms with Crippen LogP contribution < -0.4 is 11.2 Å². The SMILES string of the molecule is [NH3+][C@@H](Cc1ccccc1)c1nnc2n1NC(c1ccc(Br)cc1)=CS2. The van der Waals surface area contributed by atoms with Crippen LogP contribution in [0, 0.1) is 0 Å². The summed E-state index contributed by atoms with van der Waals surface area (Å²) in [6.45, 7) is 0. The summed E-state index contributed by atoms with van der Waals surface area (Å²) in [5.74, 6) is 0.842. The van der Waals surface area contributed by atoms with Gasteiger partial charge in [0.15, 0.2) is 6.04 Å². The molecule has 2 heterocycles. The zero-order chi connectivity index (χ0) is 17.2. The van der Waals surface area contributed by atoms with Gasteiger partial charge in [0.25, 0.3) is 0 Å². The zero-order valence-corrected chi connectivity index (χ0v) is 15.8. The van der Waals surface area contributed by atoms with Crippen molar-refractivity contribution in [2.24, 2.45) is 0 Å². The van der Waals surface area contributed by atoms with Gasteiger partial charge in [0.1, 0.15) is 0 Å². The molecule has 1 aromatic heterocycles. The topological polar surface area (TPSA) is 70.4 Å². The number of benzene rings is 2. The highest BCUT2D eigenvalue weighted by atomic mass is 79.9. The van der Waals surface area contributed by atoms with Gasteiger partial charge in [0, 0.05) is 21.9 Å². The Labute approximate surface area is 158 Å². The minimum atomic E-state index is 0.0148. The van der Waals surface area contributed by atoms with E-state index in [0.29, 0.717) is 0 Å². The van der Waals surface area contributed by atoms with Gasteiger partial charge in [-0.1, -0.05) is 70.2 Å². The lowest BCUT2D eigenvalue weighted by Gasteiger charge is -2.20. The first-order chi connectivity index (χ1) is 12.2. The summed E-state index contributed by atoms with van der Waals surface area (Å²) >= 11 is 5.04. The second kappa shape index (κ2) is 7.03. The fourth-order valence-corrected chi connectivity index (χ4v) is 3.75. The number of quaternary nitrogens is 1. The smallest absolute Gasteiger partial charge is 0.214 e. The summed E-state index contributed by atoms with van der Waals surface area (Å²) in [4.78, 5) is 0. The molecule has 0 saturated carbocycles. The monoisotopic (exact) mass is 414 g/mol. The lowest BCUT2D eigenvalue weighted by molar-refractivity contribution is -0.428. The van der Waals surface area contributed by atoms with Gasteiger partial charge in [-0.05, 0) is 17.7 Å². The number of nitrogens with one attached hydrogen (secondary N) is 1. The highest BCUT2D eigenvalue weighted by molar-refractivity contribution is 9.10. The molecule has 0 saturated heterocycles. The first-order valence-electron chi connectivity index (χ1n) is 7.93. The van der Waals surface area contributed by atoms with Gasteiger partial charge in [-0.3, -0.25) is 5.43 Å². The van der Waals surface area contributed by atoms with Gasteiger partial charge < -0.3 is 5.73 Å². The van der Waals surface area contributed by atoms with Gasteiger partial charge in [0.05, 0.1) is 5.70 Å². The van der Waals surface area contributed by atoms with Crippen molar-refractivity contribution in [3.63, 3.8) is 0 Å². The molecular formula is C18H17BrN5S+. The normalized spacial score (nSPS) is 14.4. The lowest BCUT2D eigenvalue weighted by atomic mass is 10.1. The number of nitrogens with zero attached hydrogens (tertiary/aromatic N) is 3. The molecule has 0 aliphatic carbocycles. The molecule has 3 aromatic rings. The van der Waals surface area contributed by atoms with Crippen molar-refractivity contribution in [1.29, 1.82) is 0 Å². The third-order valence-corrected chi connectivity index (χ3v) is 5.38. The Bertz CT molecular complexity index is 905. The van der Waals surface area contributed by atoms with Crippen LogP contribution in [0.25, 0.3) is 5.70 Å². The van der Waals surface area contributed by atoms with E-state index in [9.17, 15) is 0 Å². The summed E-state index contributed by atoms with van der Waals surface area (Å²) in [5.41, 5.74) is 11.1. The molecule has 0 bridgehead atoms. The van der Waals surface area contributed by atoms with E-state index in [4.69, 9.17) is 0 Å². The predicted octanol–water partition coefficient (Wildman–Crippen LogP) is 3.21. The maximum atomic E-state index is 4.36. The van der Waals surface area contributed by atoms with Crippen molar-refractivity contribution in [3.05, 3.63) is 81.4 Å². The molecule has 25 heavy (non-hydrogen) atoms. The fraction of sp³-hybridized carbons (Fsp3) is 0.111. The molecule has 4 rings (SSSR count). The van der Waals surface area contributed by atoms with Gasteiger partial charge >= 0.3 is 0 Å². The second-order valence-electron chi connectivity index (χ2n) is 5.83. The number of rotatable bonds is 4. The van der Waals surface area contributed by atoms with Crippen molar-refractivity contribution in [2.45, 2.75) is 17.6 Å². The number of hydrogen-bond donors (Lipinski definition) is 2. The Balaban J connectivity index is 1.57. The standard InChI is InChI=1S/C18H16BrN5S/c19-14-8-6-13(7-9-14)16-11-25-18-22-21-17(24(18)23-16)15(20)10-12-4-2-1-3-5-12/h1-9,11,15,23H,10,20H2/p+1/t15-/m0/s1. The lowest BCUT2D eigenvalue weighted by Crippen LogP contribution is -2.56. The van der Waals surface area contributed by atoms with Crippen LogP contribution in [0.1, 0.15) is 23.0 Å². The number of thioether (sulfide) groups is 1. The van der Waals surface area contributed by atoms with E-state index >= 15 is 0 Å². The molecule has 2 aromatic carbocycles. The van der Waals surface area contributed by atoms with E-state index in [1.807, 2.05) is 35.0 Å². The second-order valence-corrected chi connectivity index (χ2v) is 7.58. The van der Waals surface area contributed by atoms with E-state index in [1.165, 1.54) is 5.56 Å². The highest BCUT2D eigenvalue weighted by Crippen LogP contribution is 2.30. The molecule has 0 radical (unpaired) electrons. The summed E-state index contributed by atoms with van der Waals surface area (Å²) in [5, 5.41) is 11.5. The Hall–Kier alpha value is -2.09. The van der Waals surface area contributed by atoms with Crippen molar-refractivity contribution in [3.8, 4) is 0 Å². The predicted molar refractivity (Wildman–Crippen MR) is 103 cm³/mol. The fourth-order valence-electron chi connectivity index (χ4n) is 2.74. The minimum absolute atomic E-state index is 0.0148. The van der Waals surface area contributed by atoms with E-state index in [1.54, 1.807) is 11.8 Å². The van der Waals surface area contributed by atoms with Crippen LogP contribution >= 0.6 is 27.7 Å². The van der Waals surface area contributed by atoms with Crippen LogP contribution in [0.4, 0.5) is 0 Å². The Morgan fingerprint density at radius 3 is 2.60 bits per heavy atom. The van der Waals surface area contributed by atoms with E-state index in [-0.39, 0.29) is 6.04 Å².